The number of ether oxygens (including phenoxy) is 1. The van der Waals surface area contributed by atoms with E-state index in [1.165, 1.54) is 12.1 Å². The lowest BCUT2D eigenvalue weighted by atomic mass is 9.98. The molecule has 7 heteroatoms. The van der Waals surface area contributed by atoms with Crippen LogP contribution < -0.4 is 9.57 Å². The first kappa shape index (κ1) is 25.2. The number of para-hydroxylation sites is 2. The van der Waals surface area contributed by atoms with E-state index in [1.54, 1.807) is 35.9 Å². The number of phenols is 1. The number of unbranched alkanes of at least 4 members (excludes halogenated alkanes) is 1. The molecule has 1 N–H and O–H groups in total. The molecule has 0 saturated carbocycles. The zero-order valence-corrected chi connectivity index (χ0v) is 20.8. The van der Waals surface area contributed by atoms with Gasteiger partial charge >= 0.3 is 0 Å². The number of carbonyl (C=O) groups is 1. The first-order valence-electron chi connectivity index (χ1n) is 12.2. The molecule has 4 rings (SSSR count). The summed E-state index contributed by atoms with van der Waals surface area (Å²) in [5.41, 5.74) is 3.31. The van der Waals surface area contributed by atoms with Gasteiger partial charge < -0.3 is 14.7 Å². The number of Topliss-reactive ketones (excluding diaryl/α,β-unsaturated/α-hetero) is 1. The molecule has 1 aromatic heterocycles. The minimum atomic E-state index is -0.303. The van der Waals surface area contributed by atoms with Gasteiger partial charge in [0.05, 0.1) is 17.7 Å². The van der Waals surface area contributed by atoms with E-state index in [0.717, 1.165) is 29.4 Å². The number of hydrogen-bond donors (Lipinski definition) is 1. The smallest absolute Gasteiger partial charge is 0.176 e. The van der Waals surface area contributed by atoms with Gasteiger partial charge in [0.2, 0.25) is 0 Å². The van der Waals surface area contributed by atoms with Gasteiger partial charge in [-0.15, -0.1) is 0 Å². The molecule has 0 atom stereocenters. The second-order valence-electron chi connectivity index (χ2n) is 9.22. The molecule has 3 aromatic carbocycles. The second kappa shape index (κ2) is 11.2. The Hall–Kier alpha value is -3.87. The molecule has 6 nitrogen and oxygen atoms in total. The number of nitrogens with zero attached hydrogens (tertiary/aromatic N) is 2. The number of hydrogen-bond acceptors (Lipinski definition) is 5. The lowest BCUT2D eigenvalue weighted by Gasteiger charge is -2.14. The predicted molar refractivity (Wildman–Crippen MR) is 138 cm³/mol. The summed E-state index contributed by atoms with van der Waals surface area (Å²) in [5.74, 6) is 1.02. The number of imidazole rings is 1. The number of fused-ring (bicyclic) bond motifs is 1. The number of carbonyl (C=O) groups excluding carboxylic acids is 1. The molecule has 4 aromatic rings. The summed E-state index contributed by atoms with van der Waals surface area (Å²) in [5, 5.41) is 10.5. The summed E-state index contributed by atoms with van der Waals surface area (Å²) >= 11 is 0. The van der Waals surface area contributed by atoms with Crippen molar-refractivity contribution in [2.75, 3.05) is 13.2 Å². The summed E-state index contributed by atoms with van der Waals surface area (Å²) in [6.07, 6.45) is 1.85. The minimum absolute atomic E-state index is 0.0122. The number of rotatable bonds is 11. The maximum Gasteiger partial charge on any atom is 0.176 e. The fourth-order valence-corrected chi connectivity index (χ4v) is 4.00. The van der Waals surface area contributed by atoms with Crippen LogP contribution in [-0.4, -0.2) is 33.8 Å². The van der Waals surface area contributed by atoms with Crippen molar-refractivity contribution in [2.24, 2.45) is 5.92 Å². The number of aromatic hydroxyl groups is 1. The van der Waals surface area contributed by atoms with Gasteiger partial charge in [-0.1, -0.05) is 26.0 Å². The summed E-state index contributed by atoms with van der Waals surface area (Å²) in [7, 11) is 0. The van der Waals surface area contributed by atoms with Gasteiger partial charge in [-0.3, -0.25) is 4.79 Å². The van der Waals surface area contributed by atoms with Crippen molar-refractivity contribution in [1.82, 2.24) is 9.71 Å². The van der Waals surface area contributed by atoms with Crippen LogP contribution in [-0.2, 0) is 0 Å². The molecule has 0 amide bonds. The first-order valence-corrected chi connectivity index (χ1v) is 12.2. The number of aromatic nitrogens is 2. The topological polar surface area (TPSA) is 73.6 Å². The van der Waals surface area contributed by atoms with Crippen LogP contribution in [0.4, 0.5) is 4.39 Å². The van der Waals surface area contributed by atoms with E-state index in [-0.39, 0.29) is 23.3 Å². The van der Waals surface area contributed by atoms with E-state index < -0.39 is 0 Å². The number of ketones is 1. The lowest BCUT2D eigenvalue weighted by molar-refractivity contribution is 0.0965. The van der Waals surface area contributed by atoms with Crippen molar-refractivity contribution in [3.63, 3.8) is 0 Å². The SMILES string of the molecule is Cc1c(OCCCCOn2c(-c3ccc(F)cc3)nc3ccccc32)ccc(C(=O)CC(C)C)c1O. The minimum Gasteiger partial charge on any atom is -0.507 e. The normalized spacial score (nSPS) is 11.2. The molecular weight excluding hydrogens is 459 g/mol. The average Bonchev–Trinajstić information content (AvgIpc) is 3.22. The Morgan fingerprint density at radius 1 is 1.03 bits per heavy atom. The molecule has 1 heterocycles. The van der Waals surface area contributed by atoms with Gasteiger partial charge in [0.15, 0.2) is 11.6 Å². The first-order chi connectivity index (χ1) is 17.3. The maximum absolute atomic E-state index is 13.4. The zero-order valence-electron chi connectivity index (χ0n) is 20.8. The fourth-order valence-electron chi connectivity index (χ4n) is 4.00. The molecule has 0 radical (unpaired) electrons. The Labute approximate surface area is 210 Å². The zero-order chi connectivity index (χ0) is 25.7. The molecule has 0 aliphatic heterocycles. The van der Waals surface area contributed by atoms with Crippen LogP contribution in [0.25, 0.3) is 22.4 Å². The Bertz CT molecular complexity index is 1350. The second-order valence-corrected chi connectivity index (χ2v) is 9.22. The lowest BCUT2D eigenvalue weighted by Crippen LogP contribution is -2.15. The highest BCUT2D eigenvalue weighted by molar-refractivity contribution is 5.99. The van der Waals surface area contributed by atoms with Gasteiger partial charge in [-0.2, -0.15) is 4.73 Å². The third-order valence-electron chi connectivity index (χ3n) is 5.91. The summed E-state index contributed by atoms with van der Waals surface area (Å²) in [4.78, 5) is 23.1. The van der Waals surface area contributed by atoms with E-state index in [1.807, 2.05) is 38.1 Å². The summed E-state index contributed by atoms with van der Waals surface area (Å²) in [6, 6.07) is 17.2. The molecule has 36 heavy (non-hydrogen) atoms. The Balaban J connectivity index is 1.34. The third kappa shape index (κ3) is 5.67. The molecule has 0 spiro atoms. The monoisotopic (exact) mass is 490 g/mol. The van der Waals surface area contributed by atoms with Gasteiger partial charge in [-0.05, 0) is 74.2 Å². The maximum atomic E-state index is 13.4. The van der Waals surface area contributed by atoms with Crippen LogP contribution in [0.15, 0.2) is 60.7 Å². The molecular formula is C29H31FN2O4. The molecule has 0 fully saturated rings. The predicted octanol–water partition coefficient (Wildman–Crippen LogP) is 6.37. The average molecular weight is 491 g/mol. The van der Waals surface area contributed by atoms with Crippen LogP contribution >= 0.6 is 0 Å². The molecule has 0 aliphatic rings. The van der Waals surface area contributed by atoms with E-state index >= 15 is 0 Å². The van der Waals surface area contributed by atoms with Crippen molar-refractivity contribution in [1.29, 1.82) is 0 Å². The van der Waals surface area contributed by atoms with Crippen LogP contribution in [0.2, 0.25) is 0 Å². The van der Waals surface area contributed by atoms with Crippen molar-refractivity contribution >= 4 is 16.8 Å². The quantitative estimate of drug-likeness (QED) is 0.195. The number of phenolic OH excluding ortho intramolecular Hbond substituents is 1. The van der Waals surface area contributed by atoms with Crippen LogP contribution in [0.3, 0.4) is 0 Å². The Morgan fingerprint density at radius 2 is 1.75 bits per heavy atom. The molecule has 188 valence electrons. The van der Waals surface area contributed by atoms with E-state index in [0.29, 0.717) is 42.3 Å². The highest BCUT2D eigenvalue weighted by atomic mass is 19.1. The fraction of sp³-hybridized carbons (Fsp3) is 0.310. The van der Waals surface area contributed by atoms with Crippen LogP contribution in [0.5, 0.6) is 11.5 Å². The van der Waals surface area contributed by atoms with Crippen molar-refractivity contribution in [2.45, 2.75) is 40.0 Å². The van der Waals surface area contributed by atoms with Gasteiger partial charge in [-0.25, -0.2) is 9.37 Å². The largest absolute Gasteiger partial charge is 0.507 e. The molecule has 0 aliphatic carbocycles. The van der Waals surface area contributed by atoms with E-state index in [9.17, 15) is 14.3 Å². The standard InChI is InChI=1S/C29H31FN2O4/c1-19(2)18-26(33)23-14-15-27(20(3)28(23)34)35-16-6-7-17-36-32-25-9-5-4-8-24(25)31-29(32)21-10-12-22(30)13-11-21/h4-5,8-15,19,34H,6-7,16-18H2,1-3H3. The Morgan fingerprint density at radius 3 is 2.50 bits per heavy atom. The van der Waals surface area contributed by atoms with Gasteiger partial charge in [0.25, 0.3) is 0 Å². The summed E-state index contributed by atoms with van der Waals surface area (Å²) < 4.78 is 21.0. The van der Waals surface area contributed by atoms with Crippen LogP contribution in [0, 0.1) is 18.7 Å². The highest BCUT2D eigenvalue weighted by Gasteiger charge is 2.17. The number of benzene rings is 3. The Kier molecular flexibility index (Phi) is 7.88. The molecule has 0 unspecified atom stereocenters. The molecule has 0 saturated heterocycles. The van der Waals surface area contributed by atoms with Crippen molar-refractivity contribution in [3.05, 3.63) is 77.6 Å². The van der Waals surface area contributed by atoms with E-state index in [4.69, 9.17) is 9.57 Å². The van der Waals surface area contributed by atoms with E-state index in [2.05, 4.69) is 4.98 Å². The van der Waals surface area contributed by atoms with Crippen LogP contribution in [0.1, 0.15) is 49.0 Å². The number of halogens is 1. The summed E-state index contributed by atoms with van der Waals surface area (Å²) in [6.45, 7) is 6.58. The van der Waals surface area contributed by atoms with Gasteiger partial charge in [0, 0.05) is 17.5 Å². The highest BCUT2D eigenvalue weighted by Crippen LogP contribution is 2.32. The van der Waals surface area contributed by atoms with Crippen molar-refractivity contribution < 1.29 is 23.9 Å². The van der Waals surface area contributed by atoms with Crippen molar-refractivity contribution in [3.8, 4) is 22.9 Å². The third-order valence-corrected chi connectivity index (χ3v) is 5.91. The molecule has 0 bridgehead atoms. The van der Waals surface area contributed by atoms with Gasteiger partial charge in [0.1, 0.15) is 29.4 Å².